The number of carboxylic acid groups (broad SMARTS) is 1. The molecule has 0 saturated heterocycles. The van der Waals surface area contributed by atoms with Crippen molar-refractivity contribution in [2.45, 2.75) is 59.6 Å². The Bertz CT molecular complexity index is 660. The molecular formula is C17H26N2O5S. The van der Waals surface area contributed by atoms with Gasteiger partial charge in [-0.2, -0.15) is 0 Å². The normalized spacial score (nSPS) is 12.8. The molecule has 0 aliphatic rings. The lowest BCUT2D eigenvalue weighted by molar-refractivity contribution is 0.0173. The number of ether oxygens (including phenoxy) is 1. The highest BCUT2D eigenvalue weighted by Gasteiger charge is 2.30. The molecule has 140 valence electrons. The van der Waals surface area contributed by atoms with E-state index < -0.39 is 17.7 Å². The van der Waals surface area contributed by atoms with Gasteiger partial charge in [0.25, 0.3) is 0 Å². The molecule has 1 aromatic rings. The molecule has 0 bridgehead atoms. The van der Waals surface area contributed by atoms with E-state index in [0.717, 1.165) is 11.3 Å². The first-order valence-corrected chi connectivity index (χ1v) is 8.85. The van der Waals surface area contributed by atoms with Crippen LogP contribution in [0.5, 0.6) is 0 Å². The lowest BCUT2D eigenvalue weighted by Gasteiger charge is -2.32. The van der Waals surface area contributed by atoms with Gasteiger partial charge in [-0.3, -0.25) is 4.79 Å². The van der Waals surface area contributed by atoms with Crippen molar-refractivity contribution in [2.24, 2.45) is 5.92 Å². The minimum absolute atomic E-state index is 0.0153. The first kappa shape index (κ1) is 21.1. The number of carboxylic acids is 1. The van der Waals surface area contributed by atoms with Crippen molar-refractivity contribution < 1.29 is 24.2 Å². The van der Waals surface area contributed by atoms with Crippen LogP contribution >= 0.6 is 11.3 Å². The van der Waals surface area contributed by atoms with Crippen molar-refractivity contribution in [3.63, 3.8) is 0 Å². The Labute approximate surface area is 152 Å². The molecule has 1 aromatic heterocycles. The van der Waals surface area contributed by atoms with Crippen LogP contribution in [0.4, 0.5) is 4.79 Å². The Hall–Kier alpha value is -1.96. The number of carbonyl (C=O) groups is 3. The zero-order valence-corrected chi connectivity index (χ0v) is 16.6. The molecule has 1 heterocycles. The Balaban J connectivity index is 2.94. The number of hydrogen-bond acceptors (Lipinski definition) is 6. The molecule has 1 N–H and O–H groups in total. The van der Waals surface area contributed by atoms with Crippen molar-refractivity contribution in [1.29, 1.82) is 0 Å². The number of aromatic nitrogens is 1. The van der Waals surface area contributed by atoms with Crippen LogP contribution in [0.2, 0.25) is 0 Å². The Morgan fingerprint density at radius 3 is 2.24 bits per heavy atom. The lowest BCUT2D eigenvalue weighted by Crippen LogP contribution is -2.44. The van der Waals surface area contributed by atoms with E-state index in [1.165, 1.54) is 4.90 Å². The number of carbonyl (C=O) groups excluding carboxylic acids is 2. The first-order chi connectivity index (χ1) is 11.3. The van der Waals surface area contributed by atoms with Gasteiger partial charge in [-0.15, -0.1) is 11.3 Å². The average molecular weight is 370 g/mol. The fourth-order valence-corrected chi connectivity index (χ4v) is 3.13. The van der Waals surface area contributed by atoms with Crippen LogP contribution in [0.1, 0.15) is 66.2 Å². The van der Waals surface area contributed by atoms with Crippen LogP contribution in [0, 0.1) is 12.8 Å². The van der Waals surface area contributed by atoms with Crippen LogP contribution in [0.25, 0.3) is 0 Å². The van der Waals surface area contributed by atoms with Crippen molar-refractivity contribution in [3.8, 4) is 0 Å². The summed E-state index contributed by atoms with van der Waals surface area (Å²) in [7, 11) is 1.60. The molecule has 0 spiro atoms. The van der Waals surface area contributed by atoms with Crippen LogP contribution in [-0.2, 0) is 4.74 Å². The van der Waals surface area contributed by atoms with Crippen molar-refractivity contribution in [3.05, 3.63) is 15.6 Å². The minimum Gasteiger partial charge on any atom is -0.476 e. The molecule has 1 atom stereocenters. The monoisotopic (exact) mass is 370 g/mol. The molecule has 0 saturated carbocycles. The van der Waals surface area contributed by atoms with Gasteiger partial charge in [0, 0.05) is 24.4 Å². The summed E-state index contributed by atoms with van der Waals surface area (Å²) in [6, 6.07) is -0.375. The Kier molecular flexibility index (Phi) is 6.70. The van der Waals surface area contributed by atoms with Crippen molar-refractivity contribution in [1.82, 2.24) is 9.88 Å². The van der Waals surface area contributed by atoms with E-state index in [1.807, 2.05) is 13.8 Å². The van der Waals surface area contributed by atoms with Gasteiger partial charge in [0.15, 0.2) is 16.5 Å². The van der Waals surface area contributed by atoms with Crippen LogP contribution in [0.15, 0.2) is 0 Å². The second-order valence-electron chi connectivity index (χ2n) is 7.26. The number of hydrogen-bond donors (Lipinski definition) is 1. The summed E-state index contributed by atoms with van der Waals surface area (Å²) in [6.07, 6.45) is -0.445. The number of amides is 1. The number of ketones is 1. The molecule has 25 heavy (non-hydrogen) atoms. The Morgan fingerprint density at radius 1 is 1.28 bits per heavy atom. The highest BCUT2D eigenvalue weighted by molar-refractivity contribution is 7.13. The second-order valence-corrected chi connectivity index (χ2v) is 8.46. The van der Waals surface area contributed by atoms with Gasteiger partial charge in [0.2, 0.25) is 0 Å². The predicted molar refractivity (Wildman–Crippen MR) is 95.4 cm³/mol. The van der Waals surface area contributed by atoms with Gasteiger partial charge in [0.05, 0.1) is 0 Å². The molecule has 7 nitrogen and oxygen atoms in total. The molecule has 1 unspecified atom stereocenters. The van der Waals surface area contributed by atoms with Crippen molar-refractivity contribution in [2.75, 3.05) is 7.05 Å². The van der Waals surface area contributed by atoms with E-state index in [0.29, 0.717) is 4.88 Å². The quantitative estimate of drug-likeness (QED) is 0.768. The highest BCUT2D eigenvalue weighted by atomic mass is 32.1. The predicted octanol–water partition coefficient (Wildman–Crippen LogP) is 3.61. The molecule has 0 fully saturated rings. The summed E-state index contributed by atoms with van der Waals surface area (Å²) in [5.41, 5.74) is -0.727. The summed E-state index contributed by atoms with van der Waals surface area (Å²) < 4.78 is 5.36. The van der Waals surface area contributed by atoms with Gasteiger partial charge in [-0.1, -0.05) is 13.8 Å². The fourth-order valence-electron chi connectivity index (χ4n) is 2.28. The number of nitrogens with zero attached hydrogens (tertiary/aromatic N) is 2. The van der Waals surface area contributed by atoms with E-state index in [4.69, 9.17) is 9.84 Å². The maximum absolute atomic E-state index is 12.5. The van der Waals surface area contributed by atoms with Gasteiger partial charge >= 0.3 is 12.1 Å². The second kappa shape index (κ2) is 7.95. The number of Topliss-reactive ketones (excluding diaryl/α,β-unsaturated/α-hetero) is 1. The number of rotatable bonds is 6. The zero-order chi connectivity index (χ0) is 19.5. The maximum Gasteiger partial charge on any atom is 0.410 e. The number of aromatic carboxylic acids is 1. The molecule has 1 rings (SSSR count). The van der Waals surface area contributed by atoms with E-state index in [-0.39, 0.29) is 34.9 Å². The first-order valence-electron chi connectivity index (χ1n) is 8.03. The van der Waals surface area contributed by atoms with Gasteiger partial charge in [-0.25, -0.2) is 14.6 Å². The maximum atomic E-state index is 12.5. The van der Waals surface area contributed by atoms with Crippen LogP contribution in [-0.4, -0.2) is 51.5 Å². The zero-order valence-electron chi connectivity index (χ0n) is 15.7. The van der Waals surface area contributed by atoms with E-state index >= 15 is 0 Å². The summed E-state index contributed by atoms with van der Waals surface area (Å²) in [5.74, 6) is -1.42. The average Bonchev–Trinajstić information content (AvgIpc) is 2.83. The Morgan fingerprint density at radius 2 is 1.84 bits per heavy atom. The topological polar surface area (TPSA) is 96.8 Å². The molecule has 0 aliphatic carbocycles. The third-order valence-corrected chi connectivity index (χ3v) is 4.59. The summed E-state index contributed by atoms with van der Waals surface area (Å²) in [4.78, 5) is 41.7. The molecule has 0 aliphatic heterocycles. The van der Waals surface area contributed by atoms with E-state index in [9.17, 15) is 14.4 Å². The van der Waals surface area contributed by atoms with E-state index in [1.54, 1.807) is 34.7 Å². The smallest absolute Gasteiger partial charge is 0.410 e. The lowest BCUT2D eigenvalue weighted by atomic mass is 9.97. The van der Waals surface area contributed by atoms with Gasteiger partial charge < -0.3 is 14.7 Å². The largest absolute Gasteiger partial charge is 0.476 e. The molecule has 0 radical (unpaired) electrons. The van der Waals surface area contributed by atoms with Crippen molar-refractivity contribution >= 4 is 29.2 Å². The molecule has 8 heteroatoms. The standard InChI is InChI=1S/C17H26N2O5S/c1-9(2)11(19(7)16(23)24-17(4,5)6)8-12(20)14-18-13(15(21)22)10(3)25-14/h9,11H,8H2,1-7H3,(H,21,22). The third kappa shape index (κ3) is 5.81. The van der Waals surface area contributed by atoms with Crippen LogP contribution < -0.4 is 0 Å². The highest BCUT2D eigenvalue weighted by Crippen LogP contribution is 2.23. The summed E-state index contributed by atoms with van der Waals surface area (Å²) in [5, 5.41) is 9.21. The minimum atomic E-state index is -1.15. The number of thiazole rings is 1. The SMILES string of the molecule is Cc1sc(C(=O)CC(C(C)C)N(C)C(=O)OC(C)(C)C)nc1C(=O)O. The van der Waals surface area contributed by atoms with Crippen LogP contribution in [0.3, 0.4) is 0 Å². The summed E-state index contributed by atoms with van der Waals surface area (Å²) >= 11 is 1.06. The fraction of sp³-hybridized carbons (Fsp3) is 0.647. The molecule has 0 aromatic carbocycles. The third-order valence-electron chi connectivity index (χ3n) is 3.58. The van der Waals surface area contributed by atoms with E-state index in [2.05, 4.69) is 4.98 Å². The molecule has 1 amide bonds. The molecular weight excluding hydrogens is 344 g/mol. The van der Waals surface area contributed by atoms with Gasteiger partial charge in [0.1, 0.15) is 5.60 Å². The van der Waals surface area contributed by atoms with Gasteiger partial charge in [-0.05, 0) is 33.6 Å². The summed E-state index contributed by atoms with van der Waals surface area (Å²) in [6.45, 7) is 10.8. The number of aryl methyl sites for hydroxylation is 1.